The molecule has 0 aromatic heterocycles. The Morgan fingerprint density at radius 1 is 1.53 bits per heavy atom. The van der Waals surface area contributed by atoms with Crippen molar-refractivity contribution >= 4 is 11.6 Å². The maximum absolute atomic E-state index is 11.4. The van der Waals surface area contributed by atoms with Crippen LogP contribution in [0, 0.1) is 0 Å². The summed E-state index contributed by atoms with van der Waals surface area (Å²) in [6.07, 6.45) is 1.06. The molecule has 2 N–H and O–H groups in total. The van der Waals surface area contributed by atoms with Gasteiger partial charge in [0.15, 0.2) is 0 Å². The number of hydrogen-bond donors (Lipinski definition) is 1. The van der Waals surface area contributed by atoms with Gasteiger partial charge in [-0.15, -0.1) is 0 Å². The SMILES string of the molecule is CC(=O)N1CCC2c3cc(N)ccc3OC2C1. The number of benzene rings is 1. The van der Waals surface area contributed by atoms with E-state index in [0.29, 0.717) is 12.5 Å². The molecule has 1 saturated heterocycles. The lowest BCUT2D eigenvalue weighted by Crippen LogP contribution is -2.45. The molecule has 2 atom stereocenters. The molecule has 17 heavy (non-hydrogen) atoms. The summed E-state index contributed by atoms with van der Waals surface area (Å²) in [5, 5.41) is 0. The van der Waals surface area contributed by atoms with E-state index in [1.54, 1.807) is 6.92 Å². The fourth-order valence-electron chi connectivity index (χ4n) is 2.80. The first-order chi connectivity index (χ1) is 8.15. The van der Waals surface area contributed by atoms with Crippen molar-refractivity contribution in [2.75, 3.05) is 18.8 Å². The van der Waals surface area contributed by atoms with Crippen molar-refractivity contribution < 1.29 is 9.53 Å². The molecule has 4 heteroatoms. The number of rotatable bonds is 0. The van der Waals surface area contributed by atoms with Crippen LogP contribution in [0.25, 0.3) is 0 Å². The minimum Gasteiger partial charge on any atom is -0.488 e. The van der Waals surface area contributed by atoms with Crippen molar-refractivity contribution in [2.45, 2.75) is 25.4 Å². The number of fused-ring (bicyclic) bond motifs is 3. The molecular weight excluding hydrogens is 216 g/mol. The molecule has 2 unspecified atom stereocenters. The van der Waals surface area contributed by atoms with E-state index in [4.69, 9.17) is 10.5 Å². The number of piperidine rings is 1. The second kappa shape index (κ2) is 3.65. The second-order valence-corrected chi connectivity index (χ2v) is 4.81. The van der Waals surface area contributed by atoms with Crippen LogP contribution in [0.2, 0.25) is 0 Å². The van der Waals surface area contributed by atoms with Crippen LogP contribution in [0.15, 0.2) is 18.2 Å². The lowest BCUT2D eigenvalue weighted by atomic mass is 9.88. The van der Waals surface area contributed by atoms with Crippen LogP contribution in [0.5, 0.6) is 5.75 Å². The average Bonchev–Trinajstić information content (AvgIpc) is 2.66. The van der Waals surface area contributed by atoms with E-state index in [2.05, 4.69) is 0 Å². The van der Waals surface area contributed by atoms with Gasteiger partial charge in [-0.2, -0.15) is 0 Å². The monoisotopic (exact) mass is 232 g/mol. The largest absolute Gasteiger partial charge is 0.488 e. The molecule has 0 saturated carbocycles. The van der Waals surface area contributed by atoms with Gasteiger partial charge in [0.05, 0.1) is 6.54 Å². The molecule has 0 bridgehead atoms. The third kappa shape index (κ3) is 1.64. The zero-order valence-electron chi connectivity index (χ0n) is 9.85. The number of carbonyl (C=O) groups excluding carboxylic acids is 1. The highest BCUT2D eigenvalue weighted by atomic mass is 16.5. The van der Waals surface area contributed by atoms with Crippen molar-refractivity contribution in [2.24, 2.45) is 0 Å². The zero-order chi connectivity index (χ0) is 12.0. The number of amides is 1. The minimum atomic E-state index is 0.101. The maximum Gasteiger partial charge on any atom is 0.219 e. The number of nitrogens with two attached hydrogens (primary N) is 1. The Bertz CT molecular complexity index is 472. The maximum atomic E-state index is 11.4. The highest BCUT2D eigenvalue weighted by Gasteiger charge is 2.39. The van der Waals surface area contributed by atoms with Crippen molar-refractivity contribution in [1.29, 1.82) is 0 Å². The number of likely N-dealkylation sites (tertiary alicyclic amines) is 1. The van der Waals surface area contributed by atoms with Gasteiger partial charge in [0.25, 0.3) is 0 Å². The third-order valence-electron chi connectivity index (χ3n) is 3.72. The molecule has 1 amide bonds. The topological polar surface area (TPSA) is 55.6 Å². The molecule has 1 aromatic carbocycles. The summed E-state index contributed by atoms with van der Waals surface area (Å²) in [5.74, 6) is 1.45. The van der Waals surface area contributed by atoms with Crippen molar-refractivity contribution in [3.8, 4) is 5.75 Å². The zero-order valence-corrected chi connectivity index (χ0v) is 9.85. The lowest BCUT2D eigenvalue weighted by Gasteiger charge is -2.33. The summed E-state index contributed by atoms with van der Waals surface area (Å²) in [4.78, 5) is 13.2. The number of nitrogens with zero attached hydrogens (tertiary/aromatic N) is 1. The number of nitrogen functional groups attached to an aromatic ring is 1. The van der Waals surface area contributed by atoms with E-state index in [-0.39, 0.29) is 12.0 Å². The summed E-state index contributed by atoms with van der Waals surface area (Å²) < 4.78 is 5.90. The van der Waals surface area contributed by atoms with Gasteiger partial charge in [0.1, 0.15) is 11.9 Å². The van der Waals surface area contributed by atoms with Crippen LogP contribution in [-0.4, -0.2) is 30.0 Å². The fourth-order valence-corrected chi connectivity index (χ4v) is 2.80. The lowest BCUT2D eigenvalue weighted by molar-refractivity contribution is -0.131. The van der Waals surface area contributed by atoms with Crippen LogP contribution < -0.4 is 10.5 Å². The number of anilines is 1. The summed E-state index contributed by atoms with van der Waals surface area (Å²) in [6.45, 7) is 3.11. The van der Waals surface area contributed by atoms with E-state index >= 15 is 0 Å². The summed E-state index contributed by atoms with van der Waals surface area (Å²) in [7, 11) is 0. The molecule has 90 valence electrons. The normalized spacial score (nSPS) is 26.1. The molecule has 0 spiro atoms. The first-order valence-electron chi connectivity index (χ1n) is 5.97. The van der Waals surface area contributed by atoms with Gasteiger partial charge < -0.3 is 15.4 Å². The van der Waals surface area contributed by atoms with Crippen molar-refractivity contribution in [3.63, 3.8) is 0 Å². The highest BCUT2D eigenvalue weighted by molar-refractivity contribution is 5.73. The molecule has 2 aliphatic heterocycles. The van der Waals surface area contributed by atoms with Gasteiger partial charge in [0, 0.05) is 30.6 Å². The summed E-state index contributed by atoms with van der Waals surface area (Å²) >= 11 is 0. The van der Waals surface area contributed by atoms with Crippen molar-refractivity contribution in [3.05, 3.63) is 23.8 Å². The Kier molecular flexibility index (Phi) is 2.24. The molecule has 0 aliphatic carbocycles. The Labute approximate surface area is 100 Å². The predicted octanol–water partition coefficient (Wildman–Crippen LogP) is 1.37. The van der Waals surface area contributed by atoms with E-state index in [1.807, 2.05) is 23.1 Å². The quantitative estimate of drug-likeness (QED) is 0.687. The molecular formula is C13H16N2O2. The molecule has 2 aliphatic rings. The third-order valence-corrected chi connectivity index (χ3v) is 3.72. The molecule has 1 fully saturated rings. The molecule has 4 nitrogen and oxygen atoms in total. The first kappa shape index (κ1) is 10.4. The minimum absolute atomic E-state index is 0.101. The van der Waals surface area contributed by atoms with Crippen LogP contribution in [-0.2, 0) is 4.79 Å². The van der Waals surface area contributed by atoms with E-state index in [1.165, 1.54) is 5.56 Å². The number of carbonyl (C=O) groups is 1. The molecule has 0 radical (unpaired) electrons. The number of ether oxygens (including phenoxy) is 1. The standard InChI is InChI=1S/C13H16N2O2/c1-8(16)15-5-4-10-11-6-9(14)2-3-12(11)17-13(10)7-15/h2-3,6,10,13H,4-5,7,14H2,1H3. The fraction of sp³-hybridized carbons (Fsp3) is 0.462. The van der Waals surface area contributed by atoms with Crippen molar-refractivity contribution in [1.82, 2.24) is 4.90 Å². The number of hydrogen-bond acceptors (Lipinski definition) is 3. The summed E-state index contributed by atoms with van der Waals surface area (Å²) in [5.41, 5.74) is 7.79. The molecule has 1 aromatic rings. The van der Waals surface area contributed by atoms with Gasteiger partial charge >= 0.3 is 0 Å². The molecule has 2 heterocycles. The Hall–Kier alpha value is -1.71. The highest BCUT2D eigenvalue weighted by Crippen LogP contribution is 2.43. The Balaban J connectivity index is 1.87. The first-order valence-corrected chi connectivity index (χ1v) is 5.97. The summed E-state index contributed by atoms with van der Waals surface area (Å²) in [6, 6.07) is 5.80. The van der Waals surface area contributed by atoms with Crippen LogP contribution in [0.4, 0.5) is 5.69 Å². The van der Waals surface area contributed by atoms with Gasteiger partial charge in [-0.1, -0.05) is 0 Å². The average molecular weight is 232 g/mol. The van der Waals surface area contributed by atoms with Gasteiger partial charge in [-0.05, 0) is 24.6 Å². The Morgan fingerprint density at radius 3 is 3.12 bits per heavy atom. The van der Waals surface area contributed by atoms with E-state index < -0.39 is 0 Å². The Morgan fingerprint density at radius 2 is 2.35 bits per heavy atom. The van der Waals surface area contributed by atoms with Gasteiger partial charge in [-0.3, -0.25) is 4.79 Å². The smallest absolute Gasteiger partial charge is 0.219 e. The van der Waals surface area contributed by atoms with Crippen LogP contribution in [0.3, 0.4) is 0 Å². The van der Waals surface area contributed by atoms with Crippen LogP contribution >= 0.6 is 0 Å². The van der Waals surface area contributed by atoms with Gasteiger partial charge in [0.2, 0.25) is 5.91 Å². The van der Waals surface area contributed by atoms with E-state index in [9.17, 15) is 4.79 Å². The predicted molar refractivity (Wildman–Crippen MR) is 64.9 cm³/mol. The van der Waals surface area contributed by atoms with Gasteiger partial charge in [-0.25, -0.2) is 0 Å². The molecule has 3 rings (SSSR count). The van der Waals surface area contributed by atoms with E-state index in [0.717, 1.165) is 24.4 Å². The van der Waals surface area contributed by atoms with Crippen LogP contribution in [0.1, 0.15) is 24.8 Å². The second-order valence-electron chi connectivity index (χ2n) is 4.81.